The minimum absolute atomic E-state index is 0.0965. The van der Waals surface area contributed by atoms with Crippen LogP contribution < -0.4 is 16.0 Å². The third kappa shape index (κ3) is 5.75. The zero-order chi connectivity index (χ0) is 19.1. The normalized spacial score (nSPS) is 10.1. The van der Waals surface area contributed by atoms with Crippen molar-refractivity contribution in [3.63, 3.8) is 0 Å². The summed E-state index contributed by atoms with van der Waals surface area (Å²) >= 11 is 11.8. The van der Waals surface area contributed by atoms with Crippen molar-refractivity contribution in [2.24, 2.45) is 0 Å². The van der Waals surface area contributed by atoms with Gasteiger partial charge in [0.05, 0.1) is 6.54 Å². The third-order valence-corrected chi connectivity index (χ3v) is 3.75. The fourth-order valence-corrected chi connectivity index (χ4v) is 2.64. The van der Waals surface area contributed by atoms with Crippen molar-refractivity contribution in [3.8, 4) is 0 Å². The Kier molecular flexibility index (Phi) is 7.00. The van der Waals surface area contributed by atoms with E-state index in [1.165, 1.54) is 18.2 Å². The minimum atomic E-state index is -0.379. The molecule has 0 spiro atoms. The quantitative estimate of drug-likeness (QED) is 0.704. The van der Waals surface area contributed by atoms with Crippen LogP contribution in [0, 0.1) is 0 Å². The first kappa shape index (κ1) is 19.8. The van der Waals surface area contributed by atoms with Crippen LogP contribution in [0.4, 0.5) is 5.69 Å². The molecule has 26 heavy (non-hydrogen) atoms. The lowest BCUT2D eigenvalue weighted by Gasteiger charge is -2.08. The number of hydrogen-bond donors (Lipinski definition) is 3. The van der Waals surface area contributed by atoms with Crippen LogP contribution in [0.2, 0.25) is 10.0 Å². The second-order valence-corrected chi connectivity index (χ2v) is 6.20. The van der Waals surface area contributed by atoms with Gasteiger partial charge in [-0.3, -0.25) is 14.4 Å². The average molecular weight is 394 g/mol. The number of rotatable bonds is 6. The molecule has 0 aromatic heterocycles. The molecule has 0 saturated carbocycles. The third-order valence-electron chi connectivity index (χ3n) is 3.31. The van der Waals surface area contributed by atoms with Crippen molar-refractivity contribution in [2.75, 3.05) is 18.4 Å². The fraction of sp³-hybridized carbons (Fsp3) is 0.167. The Morgan fingerprint density at radius 1 is 0.846 bits per heavy atom. The van der Waals surface area contributed by atoms with Gasteiger partial charge in [0, 0.05) is 33.4 Å². The van der Waals surface area contributed by atoms with E-state index in [1.807, 2.05) is 0 Å². The molecule has 0 aliphatic carbocycles. The van der Waals surface area contributed by atoms with Crippen LogP contribution in [0.25, 0.3) is 0 Å². The van der Waals surface area contributed by atoms with Crippen LogP contribution in [0.3, 0.4) is 0 Å². The monoisotopic (exact) mass is 393 g/mol. The van der Waals surface area contributed by atoms with E-state index < -0.39 is 0 Å². The van der Waals surface area contributed by atoms with Crippen molar-refractivity contribution in [3.05, 3.63) is 63.6 Å². The Morgan fingerprint density at radius 2 is 1.46 bits per heavy atom. The Balaban J connectivity index is 1.97. The summed E-state index contributed by atoms with van der Waals surface area (Å²) in [7, 11) is 0. The number of hydrogen-bond acceptors (Lipinski definition) is 3. The van der Waals surface area contributed by atoms with E-state index in [4.69, 9.17) is 23.2 Å². The van der Waals surface area contributed by atoms with E-state index in [9.17, 15) is 14.4 Å². The molecule has 0 heterocycles. The van der Waals surface area contributed by atoms with Gasteiger partial charge in [-0.1, -0.05) is 23.2 Å². The molecule has 8 heteroatoms. The number of amides is 3. The zero-order valence-corrected chi connectivity index (χ0v) is 15.4. The topological polar surface area (TPSA) is 87.3 Å². The number of nitrogens with one attached hydrogen (secondary N) is 3. The Bertz CT molecular complexity index is 803. The van der Waals surface area contributed by atoms with E-state index in [0.717, 1.165) is 0 Å². The van der Waals surface area contributed by atoms with Crippen molar-refractivity contribution in [1.82, 2.24) is 10.6 Å². The molecule has 3 N–H and O–H groups in total. The lowest BCUT2D eigenvalue weighted by Crippen LogP contribution is -2.36. The molecule has 0 aliphatic heterocycles. The maximum atomic E-state index is 12.2. The number of carbonyl (C=O) groups is 3. The molecule has 0 aliphatic rings. The Labute approximate surface area is 160 Å². The van der Waals surface area contributed by atoms with Crippen molar-refractivity contribution < 1.29 is 14.4 Å². The van der Waals surface area contributed by atoms with E-state index in [0.29, 0.717) is 33.4 Å². The Morgan fingerprint density at radius 3 is 2.04 bits per heavy atom. The molecule has 2 rings (SSSR count). The van der Waals surface area contributed by atoms with Gasteiger partial charge >= 0.3 is 0 Å². The molecular formula is C18H17Cl2N3O3. The second kappa shape index (κ2) is 9.22. The van der Waals surface area contributed by atoms with E-state index in [1.54, 1.807) is 31.2 Å². The molecule has 0 unspecified atom stereocenters. The molecule has 3 amide bonds. The van der Waals surface area contributed by atoms with Crippen molar-refractivity contribution >= 4 is 46.6 Å². The molecule has 136 valence electrons. The van der Waals surface area contributed by atoms with Gasteiger partial charge in [0.15, 0.2) is 0 Å². The molecule has 0 atom stereocenters. The van der Waals surface area contributed by atoms with Crippen molar-refractivity contribution in [1.29, 1.82) is 0 Å². The van der Waals surface area contributed by atoms with Gasteiger partial charge in [-0.25, -0.2) is 0 Å². The van der Waals surface area contributed by atoms with Gasteiger partial charge < -0.3 is 16.0 Å². The summed E-state index contributed by atoms with van der Waals surface area (Å²) in [5, 5.41) is 8.52. The molecule has 0 saturated heterocycles. The second-order valence-electron chi connectivity index (χ2n) is 5.33. The zero-order valence-electron chi connectivity index (χ0n) is 13.9. The first-order valence-corrected chi connectivity index (χ1v) is 8.57. The van der Waals surface area contributed by atoms with Gasteiger partial charge in [-0.15, -0.1) is 0 Å². The number of anilines is 1. The first-order chi connectivity index (χ1) is 12.4. The molecule has 0 fully saturated rings. The minimum Gasteiger partial charge on any atom is -0.355 e. The lowest BCUT2D eigenvalue weighted by atomic mass is 10.1. The van der Waals surface area contributed by atoms with Crippen LogP contribution in [0.1, 0.15) is 27.6 Å². The highest BCUT2D eigenvalue weighted by molar-refractivity contribution is 6.35. The predicted molar refractivity (Wildman–Crippen MR) is 102 cm³/mol. The van der Waals surface area contributed by atoms with Gasteiger partial charge in [-0.2, -0.15) is 0 Å². The standard InChI is InChI=1S/C18H17Cl2N3O3/c1-2-21-16(24)10-22-17(25)11-3-5-15(6-4-11)23-18(26)12-7-13(19)9-14(20)8-12/h3-9H,2,10H2,1H3,(H,21,24)(H,22,25)(H,23,26). The molecular weight excluding hydrogens is 377 g/mol. The highest BCUT2D eigenvalue weighted by Gasteiger charge is 2.10. The van der Waals surface area contributed by atoms with E-state index in [2.05, 4.69) is 16.0 Å². The maximum absolute atomic E-state index is 12.2. The first-order valence-electron chi connectivity index (χ1n) is 7.81. The maximum Gasteiger partial charge on any atom is 0.255 e. The van der Waals surface area contributed by atoms with Crippen molar-refractivity contribution in [2.45, 2.75) is 6.92 Å². The van der Waals surface area contributed by atoms with Gasteiger partial charge in [0.25, 0.3) is 11.8 Å². The average Bonchev–Trinajstić information content (AvgIpc) is 2.59. The summed E-state index contributed by atoms with van der Waals surface area (Å²) < 4.78 is 0. The van der Waals surface area contributed by atoms with E-state index >= 15 is 0 Å². The number of halogens is 2. The van der Waals surface area contributed by atoms with E-state index in [-0.39, 0.29) is 24.3 Å². The summed E-state index contributed by atoms with van der Waals surface area (Å²) in [6, 6.07) is 10.8. The van der Waals surface area contributed by atoms with Gasteiger partial charge in [-0.05, 0) is 49.4 Å². The fourth-order valence-electron chi connectivity index (χ4n) is 2.12. The van der Waals surface area contributed by atoms with Gasteiger partial charge in [0.1, 0.15) is 0 Å². The summed E-state index contributed by atoms with van der Waals surface area (Å²) in [6.07, 6.45) is 0. The van der Waals surface area contributed by atoms with Gasteiger partial charge in [0.2, 0.25) is 5.91 Å². The smallest absolute Gasteiger partial charge is 0.255 e. The molecule has 0 radical (unpaired) electrons. The largest absolute Gasteiger partial charge is 0.355 e. The summed E-state index contributed by atoms with van der Waals surface area (Å²) in [5.74, 6) is -1.01. The highest BCUT2D eigenvalue weighted by Crippen LogP contribution is 2.20. The lowest BCUT2D eigenvalue weighted by molar-refractivity contribution is -0.120. The molecule has 2 aromatic rings. The molecule has 0 bridgehead atoms. The molecule has 2 aromatic carbocycles. The predicted octanol–water partition coefficient (Wildman–Crippen LogP) is 3.11. The number of benzene rings is 2. The Hall–Kier alpha value is -2.57. The van der Waals surface area contributed by atoms with Crippen LogP contribution in [-0.4, -0.2) is 30.8 Å². The summed E-state index contributed by atoms with van der Waals surface area (Å²) in [5.41, 5.74) is 1.20. The van der Waals surface area contributed by atoms with Crippen LogP contribution in [0.5, 0.6) is 0 Å². The number of likely N-dealkylation sites (N-methyl/N-ethyl adjacent to an activating group) is 1. The van der Waals surface area contributed by atoms with Crippen LogP contribution >= 0.6 is 23.2 Å². The highest BCUT2D eigenvalue weighted by atomic mass is 35.5. The SMILES string of the molecule is CCNC(=O)CNC(=O)c1ccc(NC(=O)c2cc(Cl)cc(Cl)c2)cc1. The van der Waals surface area contributed by atoms with Crippen LogP contribution in [0.15, 0.2) is 42.5 Å². The summed E-state index contributed by atoms with van der Waals surface area (Å²) in [6.45, 7) is 2.20. The number of carbonyl (C=O) groups excluding carboxylic acids is 3. The molecule has 6 nitrogen and oxygen atoms in total. The van der Waals surface area contributed by atoms with Crippen LogP contribution in [-0.2, 0) is 4.79 Å². The summed E-state index contributed by atoms with van der Waals surface area (Å²) in [4.78, 5) is 35.5.